The zero-order valence-corrected chi connectivity index (χ0v) is 8.78. The molecule has 1 atom stereocenters. The molecule has 2 nitrogen and oxygen atoms in total. The molecule has 1 unspecified atom stereocenters. The molecule has 1 aliphatic carbocycles. The standard InChI is InChI=1S/C10H18O2S/c11-7-9(3-1-4-9)10(12)5-2-6-13-8-10/h11-12H,1-8H2. The fourth-order valence-electron chi connectivity index (χ4n) is 2.57. The van der Waals surface area contributed by atoms with Gasteiger partial charge in [0.25, 0.3) is 0 Å². The molecule has 3 heteroatoms. The van der Waals surface area contributed by atoms with Gasteiger partial charge in [-0.3, -0.25) is 0 Å². The molecule has 0 aromatic heterocycles. The van der Waals surface area contributed by atoms with Crippen molar-refractivity contribution in [1.82, 2.24) is 0 Å². The molecule has 1 heterocycles. The third-order valence-electron chi connectivity index (χ3n) is 3.82. The molecule has 0 aromatic rings. The molecule has 0 amide bonds. The van der Waals surface area contributed by atoms with Crippen LogP contribution in [0.3, 0.4) is 0 Å². The second-order valence-corrected chi connectivity index (χ2v) is 5.58. The molecule has 76 valence electrons. The Morgan fingerprint density at radius 1 is 1.15 bits per heavy atom. The normalized spacial score (nSPS) is 38.3. The van der Waals surface area contributed by atoms with Crippen LogP contribution < -0.4 is 0 Å². The van der Waals surface area contributed by atoms with E-state index in [2.05, 4.69) is 0 Å². The first-order valence-electron chi connectivity index (χ1n) is 5.13. The smallest absolute Gasteiger partial charge is 0.0815 e. The quantitative estimate of drug-likeness (QED) is 0.711. The molecule has 0 spiro atoms. The minimum atomic E-state index is -0.567. The molecule has 0 bridgehead atoms. The molecule has 0 radical (unpaired) electrons. The topological polar surface area (TPSA) is 40.5 Å². The monoisotopic (exact) mass is 202 g/mol. The fourth-order valence-corrected chi connectivity index (χ4v) is 3.85. The maximum atomic E-state index is 10.5. The lowest BCUT2D eigenvalue weighted by Gasteiger charge is -2.53. The minimum absolute atomic E-state index is 0.138. The Hall–Kier alpha value is 0.270. The highest BCUT2D eigenvalue weighted by Crippen LogP contribution is 2.53. The first kappa shape index (κ1) is 9.81. The van der Waals surface area contributed by atoms with Crippen molar-refractivity contribution >= 4 is 11.8 Å². The predicted molar refractivity (Wildman–Crippen MR) is 54.9 cm³/mol. The highest BCUT2D eigenvalue weighted by Gasteiger charge is 2.53. The van der Waals surface area contributed by atoms with E-state index in [9.17, 15) is 10.2 Å². The zero-order valence-electron chi connectivity index (χ0n) is 7.96. The molecule has 2 N–H and O–H groups in total. The van der Waals surface area contributed by atoms with Gasteiger partial charge in [0.15, 0.2) is 0 Å². The van der Waals surface area contributed by atoms with Gasteiger partial charge in [0.05, 0.1) is 12.2 Å². The summed E-state index contributed by atoms with van der Waals surface area (Å²) in [6.07, 6.45) is 5.19. The summed E-state index contributed by atoms with van der Waals surface area (Å²) in [6.45, 7) is 0.171. The van der Waals surface area contributed by atoms with Crippen molar-refractivity contribution in [1.29, 1.82) is 0 Å². The lowest BCUT2D eigenvalue weighted by atomic mass is 9.58. The van der Waals surface area contributed by atoms with E-state index in [1.807, 2.05) is 11.8 Å². The van der Waals surface area contributed by atoms with Crippen LogP contribution in [0.2, 0.25) is 0 Å². The first-order valence-corrected chi connectivity index (χ1v) is 6.29. The lowest BCUT2D eigenvalue weighted by Crippen LogP contribution is -2.57. The third-order valence-corrected chi connectivity index (χ3v) is 5.08. The van der Waals surface area contributed by atoms with Crippen molar-refractivity contribution in [3.63, 3.8) is 0 Å². The number of rotatable bonds is 2. The van der Waals surface area contributed by atoms with E-state index in [4.69, 9.17) is 0 Å². The van der Waals surface area contributed by atoms with Crippen LogP contribution in [0.15, 0.2) is 0 Å². The molecule has 2 fully saturated rings. The highest BCUT2D eigenvalue weighted by molar-refractivity contribution is 7.99. The van der Waals surface area contributed by atoms with Crippen LogP contribution in [-0.4, -0.2) is 33.9 Å². The van der Waals surface area contributed by atoms with Crippen molar-refractivity contribution < 1.29 is 10.2 Å². The van der Waals surface area contributed by atoms with Crippen molar-refractivity contribution in [2.75, 3.05) is 18.1 Å². The molecule has 0 aromatic carbocycles. The number of aliphatic hydroxyl groups is 2. The summed E-state index contributed by atoms with van der Waals surface area (Å²) >= 11 is 1.83. The first-order chi connectivity index (χ1) is 6.22. The summed E-state index contributed by atoms with van der Waals surface area (Å²) in [6, 6.07) is 0. The summed E-state index contributed by atoms with van der Waals surface area (Å²) in [5.74, 6) is 2.00. The van der Waals surface area contributed by atoms with E-state index in [-0.39, 0.29) is 12.0 Å². The Kier molecular flexibility index (Phi) is 2.60. The van der Waals surface area contributed by atoms with Crippen molar-refractivity contribution in [2.24, 2.45) is 5.41 Å². The molecule has 1 saturated heterocycles. The maximum absolute atomic E-state index is 10.5. The highest BCUT2D eigenvalue weighted by atomic mass is 32.2. The van der Waals surface area contributed by atoms with Gasteiger partial charge in [-0.25, -0.2) is 0 Å². The number of hydrogen-bond acceptors (Lipinski definition) is 3. The lowest BCUT2D eigenvalue weighted by molar-refractivity contribution is -0.142. The molecule has 2 aliphatic rings. The van der Waals surface area contributed by atoms with Crippen molar-refractivity contribution in [3.8, 4) is 0 Å². The van der Waals surface area contributed by atoms with E-state index < -0.39 is 5.60 Å². The molecule has 2 rings (SSSR count). The van der Waals surface area contributed by atoms with Crippen LogP contribution in [-0.2, 0) is 0 Å². The second kappa shape index (κ2) is 3.44. The Balaban J connectivity index is 2.10. The number of thioether (sulfide) groups is 1. The average Bonchev–Trinajstić information content (AvgIpc) is 2.04. The van der Waals surface area contributed by atoms with Gasteiger partial charge < -0.3 is 10.2 Å². The van der Waals surface area contributed by atoms with E-state index in [1.54, 1.807) is 0 Å². The van der Waals surface area contributed by atoms with Crippen molar-refractivity contribution in [2.45, 2.75) is 37.7 Å². The Labute approximate surface area is 83.7 Å². The SMILES string of the molecule is OCC1(C2(O)CCCSC2)CCC1. The third kappa shape index (κ3) is 1.41. The summed E-state index contributed by atoms with van der Waals surface area (Å²) < 4.78 is 0. The van der Waals surface area contributed by atoms with Gasteiger partial charge >= 0.3 is 0 Å². The van der Waals surface area contributed by atoms with Gasteiger partial charge in [-0.05, 0) is 31.4 Å². The van der Waals surface area contributed by atoms with Crippen LogP contribution in [0, 0.1) is 5.41 Å². The van der Waals surface area contributed by atoms with E-state index in [0.29, 0.717) is 0 Å². The predicted octanol–water partition coefficient (Wildman–Crippen LogP) is 1.41. The Bertz CT molecular complexity index is 178. The van der Waals surface area contributed by atoms with E-state index in [0.717, 1.165) is 31.4 Å². The number of aliphatic hydroxyl groups excluding tert-OH is 1. The van der Waals surface area contributed by atoms with Crippen LogP contribution >= 0.6 is 11.8 Å². The van der Waals surface area contributed by atoms with Gasteiger partial charge in [-0.15, -0.1) is 0 Å². The molecule has 13 heavy (non-hydrogen) atoms. The van der Waals surface area contributed by atoms with Gasteiger partial charge in [0.1, 0.15) is 0 Å². The molecule has 1 aliphatic heterocycles. The minimum Gasteiger partial charge on any atom is -0.396 e. The van der Waals surface area contributed by atoms with Crippen molar-refractivity contribution in [3.05, 3.63) is 0 Å². The molecule has 1 saturated carbocycles. The summed E-state index contributed by atoms with van der Waals surface area (Å²) in [4.78, 5) is 0. The molecular weight excluding hydrogens is 184 g/mol. The van der Waals surface area contributed by atoms with Crippen LogP contribution in [0.4, 0.5) is 0 Å². The summed E-state index contributed by atoms with van der Waals surface area (Å²) in [7, 11) is 0. The van der Waals surface area contributed by atoms with Gasteiger partial charge in [-0.2, -0.15) is 11.8 Å². The Morgan fingerprint density at radius 3 is 2.31 bits per heavy atom. The van der Waals surface area contributed by atoms with Gasteiger partial charge in [0.2, 0.25) is 0 Å². The number of hydrogen-bond donors (Lipinski definition) is 2. The van der Waals surface area contributed by atoms with Crippen LogP contribution in [0.25, 0.3) is 0 Å². The van der Waals surface area contributed by atoms with Gasteiger partial charge in [0, 0.05) is 11.2 Å². The average molecular weight is 202 g/mol. The van der Waals surface area contributed by atoms with Crippen LogP contribution in [0.1, 0.15) is 32.1 Å². The maximum Gasteiger partial charge on any atom is 0.0815 e. The zero-order chi connectivity index (χ0) is 9.36. The largest absolute Gasteiger partial charge is 0.396 e. The summed E-state index contributed by atoms with van der Waals surface area (Å²) in [5, 5.41) is 19.8. The van der Waals surface area contributed by atoms with Gasteiger partial charge in [-0.1, -0.05) is 6.42 Å². The Morgan fingerprint density at radius 2 is 1.92 bits per heavy atom. The second-order valence-electron chi connectivity index (χ2n) is 4.48. The fraction of sp³-hybridized carbons (Fsp3) is 1.00. The van der Waals surface area contributed by atoms with E-state index >= 15 is 0 Å². The van der Waals surface area contributed by atoms with E-state index in [1.165, 1.54) is 12.2 Å². The van der Waals surface area contributed by atoms with Crippen LogP contribution in [0.5, 0.6) is 0 Å². The summed E-state index contributed by atoms with van der Waals surface area (Å²) in [5.41, 5.74) is -0.705. The molecular formula is C10H18O2S.